The van der Waals surface area contributed by atoms with Crippen LogP contribution in [0.15, 0.2) is 18.2 Å². The van der Waals surface area contributed by atoms with E-state index in [1.807, 2.05) is 18.2 Å². The minimum absolute atomic E-state index is 0.0848. The quantitative estimate of drug-likeness (QED) is 0.771. The smallest absolute Gasteiger partial charge is 0.262 e. The van der Waals surface area contributed by atoms with Gasteiger partial charge in [0.25, 0.3) is 5.91 Å². The number of hydrogen-bond acceptors (Lipinski definition) is 3. The van der Waals surface area contributed by atoms with E-state index < -0.39 is 0 Å². The van der Waals surface area contributed by atoms with E-state index in [1.165, 1.54) is 0 Å². The van der Waals surface area contributed by atoms with Gasteiger partial charge in [-0.3, -0.25) is 4.79 Å². The second-order valence-electron chi connectivity index (χ2n) is 3.16. The molecule has 0 spiro atoms. The van der Waals surface area contributed by atoms with Gasteiger partial charge >= 0.3 is 0 Å². The number of nitrogens with one attached hydrogen (secondary N) is 2. The molecular weight excluding hydrogens is 216 g/mol. The van der Waals surface area contributed by atoms with Crippen molar-refractivity contribution in [3.63, 3.8) is 0 Å². The predicted molar refractivity (Wildman–Crippen MR) is 59.8 cm³/mol. The lowest BCUT2D eigenvalue weighted by Gasteiger charge is -2.18. The number of halogens is 1. The molecule has 1 heterocycles. The zero-order valence-corrected chi connectivity index (χ0v) is 8.80. The van der Waals surface area contributed by atoms with Gasteiger partial charge in [0.2, 0.25) is 0 Å². The summed E-state index contributed by atoms with van der Waals surface area (Å²) < 4.78 is 5.23. The highest BCUT2D eigenvalue weighted by atomic mass is 35.5. The fourth-order valence-corrected chi connectivity index (χ4v) is 1.48. The normalized spacial score (nSPS) is 13.8. The molecule has 1 aromatic carbocycles. The maximum absolute atomic E-state index is 11.1. The summed E-state index contributed by atoms with van der Waals surface area (Å²) in [4.78, 5) is 11.1. The highest BCUT2D eigenvalue weighted by Crippen LogP contribution is 2.30. The van der Waals surface area contributed by atoms with E-state index in [1.54, 1.807) is 0 Å². The maximum atomic E-state index is 11.1. The maximum Gasteiger partial charge on any atom is 0.262 e. The number of rotatable bonds is 3. The highest BCUT2D eigenvalue weighted by Gasteiger charge is 2.15. The first-order valence-electron chi connectivity index (χ1n) is 4.66. The molecule has 4 nitrogen and oxygen atoms in total. The molecule has 0 saturated carbocycles. The lowest BCUT2D eigenvalue weighted by Crippen LogP contribution is -2.25. The Labute approximate surface area is 92.6 Å². The Morgan fingerprint density at radius 3 is 3.20 bits per heavy atom. The van der Waals surface area contributed by atoms with Gasteiger partial charge in [-0.05, 0) is 18.2 Å². The molecule has 0 radical (unpaired) electrons. The van der Waals surface area contributed by atoms with Crippen LogP contribution in [0.5, 0.6) is 5.75 Å². The molecule has 80 valence electrons. The number of fused-ring (bicyclic) bond motifs is 1. The van der Waals surface area contributed by atoms with Crippen LogP contribution in [0.3, 0.4) is 0 Å². The van der Waals surface area contributed by atoms with E-state index in [0.717, 1.165) is 5.69 Å². The summed E-state index contributed by atoms with van der Waals surface area (Å²) in [6, 6.07) is 5.55. The number of alkyl halides is 1. The molecule has 15 heavy (non-hydrogen) atoms. The highest BCUT2D eigenvalue weighted by molar-refractivity contribution is 6.18. The number of benzene rings is 1. The Balaban J connectivity index is 2.17. The molecule has 1 aliphatic rings. The van der Waals surface area contributed by atoms with E-state index in [9.17, 15) is 4.79 Å². The Morgan fingerprint density at radius 1 is 1.53 bits per heavy atom. The molecule has 1 aliphatic heterocycles. The standard InChI is InChI=1S/C10H11ClN2O2/c11-3-4-12-7-1-2-9-8(5-7)13-10(14)6-15-9/h1-2,5,12H,3-4,6H2,(H,13,14). The summed E-state index contributed by atoms with van der Waals surface area (Å²) in [5.41, 5.74) is 1.62. The second-order valence-corrected chi connectivity index (χ2v) is 3.54. The van der Waals surface area contributed by atoms with Crippen LogP contribution in [0, 0.1) is 0 Å². The van der Waals surface area contributed by atoms with Gasteiger partial charge in [0.15, 0.2) is 6.61 Å². The third kappa shape index (κ3) is 2.33. The van der Waals surface area contributed by atoms with Crippen molar-refractivity contribution in [1.29, 1.82) is 0 Å². The fraction of sp³-hybridized carbons (Fsp3) is 0.300. The first-order valence-corrected chi connectivity index (χ1v) is 5.19. The lowest BCUT2D eigenvalue weighted by atomic mass is 10.2. The molecule has 0 aromatic heterocycles. The van der Waals surface area contributed by atoms with E-state index >= 15 is 0 Å². The Kier molecular flexibility index (Phi) is 2.97. The molecule has 2 rings (SSSR count). The van der Waals surface area contributed by atoms with E-state index in [-0.39, 0.29) is 12.5 Å². The second kappa shape index (κ2) is 4.40. The molecule has 0 unspecified atom stereocenters. The first kappa shape index (κ1) is 10.1. The number of hydrogen-bond donors (Lipinski definition) is 2. The fourth-order valence-electron chi connectivity index (χ4n) is 1.38. The Hall–Kier alpha value is -1.42. The molecule has 0 bridgehead atoms. The third-order valence-electron chi connectivity index (χ3n) is 2.04. The minimum atomic E-state index is -0.128. The van der Waals surface area contributed by atoms with Crippen molar-refractivity contribution in [2.45, 2.75) is 0 Å². The molecule has 1 amide bonds. The third-order valence-corrected chi connectivity index (χ3v) is 2.23. The van der Waals surface area contributed by atoms with Crippen LogP contribution < -0.4 is 15.4 Å². The number of amides is 1. The van der Waals surface area contributed by atoms with E-state index in [0.29, 0.717) is 23.9 Å². The van der Waals surface area contributed by atoms with Crippen LogP contribution in [0.2, 0.25) is 0 Å². The van der Waals surface area contributed by atoms with E-state index in [2.05, 4.69) is 10.6 Å². The summed E-state index contributed by atoms with van der Waals surface area (Å²) in [5, 5.41) is 5.86. The molecule has 0 fully saturated rings. The number of ether oxygens (including phenoxy) is 1. The first-order chi connectivity index (χ1) is 7.29. The predicted octanol–water partition coefficient (Wildman–Crippen LogP) is 1.67. The summed E-state index contributed by atoms with van der Waals surface area (Å²) in [7, 11) is 0. The molecule has 1 aromatic rings. The molecule has 0 aliphatic carbocycles. The van der Waals surface area contributed by atoms with Gasteiger partial charge in [0.1, 0.15) is 5.75 Å². The SMILES string of the molecule is O=C1COc2ccc(NCCCl)cc2N1. The van der Waals surface area contributed by atoms with Crippen molar-refractivity contribution in [3.8, 4) is 5.75 Å². The summed E-state index contributed by atoms with van der Waals surface area (Å²) >= 11 is 5.56. The van der Waals surface area contributed by atoms with Crippen LogP contribution in [0.25, 0.3) is 0 Å². The molecule has 5 heteroatoms. The van der Waals surface area contributed by atoms with Gasteiger partial charge in [-0.2, -0.15) is 0 Å². The Bertz CT molecular complexity index is 382. The van der Waals surface area contributed by atoms with Gasteiger partial charge in [0.05, 0.1) is 5.69 Å². The lowest BCUT2D eigenvalue weighted by molar-refractivity contribution is -0.118. The van der Waals surface area contributed by atoms with Gasteiger partial charge < -0.3 is 15.4 Å². The zero-order valence-electron chi connectivity index (χ0n) is 8.05. The van der Waals surface area contributed by atoms with Crippen molar-refractivity contribution < 1.29 is 9.53 Å². The molecular formula is C10H11ClN2O2. The van der Waals surface area contributed by atoms with Crippen molar-refractivity contribution in [1.82, 2.24) is 0 Å². The topological polar surface area (TPSA) is 50.4 Å². The van der Waals surface area contributed by atoms with Crippen molar-refractivity contribution >= 4 is 28.9 Å². The average Bonchev–Trinajstić information content (AvgIpc) is 2.25. The molecule has 2 N–H and O–H groups in total. The van der Waals surface area contributed by atoms with Crippen LogP contribution >= 0.6 is 11.6 Å². The minimum Gasteiger partial charge on any atom is -0.482 e. The number of carbonyl (C=O) groups excluding carboxylic acids is 1. The number of carbonyl (C=O) groups is 1. The van der Waals surface area contributed by atoms with Crippen molar-refractivity contribution in [2.75, 3.05) is 29.7 Å². The van der Waals surface area contributed by atoms with Crippen LogP contribution in [0.1, 0.15) is 0 Å². The van der Waals surface area contributed by atoms with Crippen LogP contribution in [-0.4, -0.2) is 24.9 Å². The van der Waals surface area contributed by atoms with E-state index in [4.69, 9.17) is 16.3 Å². The Morgan fingerprint density at radius 2 is 2.40 bits per heavy atom. The zero-order chi connectivity index (χ0) is 10.7. The largest absolute Gasteiger partial charge is 0.482 e. The monoisotopic (exact) mass is 226 g/mol. The summed E-state index contributed by atoms with van der Waals surface area (Å²) in [6.45, 7) is 0.774. The van der Waals surface area contributed by atoms with Crippen LogP contribution in [0.4, 0.5) is 11.4 Å². The van der Waals surface area contributed by atoms with Crippen molar-refractivity contribution in [3.05, 3.63) is 18.2 Å². The van der Waals surface area contributed by atoms with Crippen molar-refractivity contribution in [2.24, 2.45) is 0 Å². The van der Waals surface area contributed by atoms with Gasteiger partial charge in [-0.25, -0.2) is 0 Å². The van der Waals surface area contributed by atoms with Gasteiger partial charge in [-0.15, -0.1) is 11.6 Å². The van der Waals surface area contributed by atoms with Crippen LogP contribution in [-0.2, 0) is 4.79 Å². The van der Waals surface area contributed by atoms with Gasteiger partial charge in [0, 0.05) is 18.1 Å². The van der Waals surface area contributed by atoms with Gasteiger partial charge in [-0.1, -0.05) is 0 Å². The molecule has 0 saturated heterocycles. The molecule has 0 atom stereocenters. The number of anilines is 2. The summed E-state index contributed by atoms with van der Waals surface area (Å²) in [6.07, 6.45) is 0. The average molecular weight is 227 g/mol. The summed E-state index contributed by atoms with van der Waals surface area (Å²) in [5.74, 6) is 1.11.